The molecular weight excluding hydrogens is 232 g/mol. The summed E-state index contributed by atoms with van der Waals surface area (Å²) in [5.74, 6) is 1.35. The molecule has 0 fully saturated rings. The van der Waals surface area contributed by atoms with Crippen LogP contribution in [0.25, 0.3) is 11.5 Å². The average molecular weight is 246 g/mol. The Labute approximate surface area is 105 Å². The highest BCUT2D eigenvalue weighted by Gasteiger charge is 2.07. The number of pyridine rings is 1. The van der Waals surface area contributed by atoms with Crippen LogP contribution in [0.1, 0.15) is 5.69 Å². The fraction of sp³-hybridized carbons (Fsp3) is 0.250. The number of anilines is 1. The zero-order chi connectivity index (χ0) is 13.0. The van der Waals surface area contributed by atoms with Crippen molar-refractivity contribution in [3.63, 3.8) is 0 Å². The van der Waals surface area contributed by atoms with Crippen LogP contribution >= 0.6 is 0 Å². The summed E-state index contributed by atoms with van der Waals surface area (Å²) in [7, 11) is 3.16. The van der Waals surface area contributed by atoms with E-state index in [1.165, 1.54) is 0 Å². The summed E-state index contributed by atoms with van der Waals surface area (Å²) < 4.78 is 10.1. The fourth-order valence-corrected chi connectivity index (χ4v) is 1.51. The normalized spacial score (nSPS) is 10.3. The van der Waals surface area contributed by atoms with Crippen molar-refractivity contribution in [3.8, 4) is 17.4 Å². The zero-order valence-corrected chi connectivity index (χ0v) is 10.3. The molecule has 0 aliphatic carbocycles. The highest BCUT2D eigenvalue weighted by atomic mass is 16.5. The summed E-state index contributed by atoms with van der Waals surface area (Å²) in [6.07, 6.45) is 0. The first kappa shape index (κ1) is 12.3. The maximum Gasteiger partial charge on any atom is 0.213 e. The molecule has 18 heavy (non-hydrogen) atoms. The molecule has 0 spiro atoms. The van der Waals surface area contributed by atoms with Crippen molar-refractivity contribution in [3.05, 3.63) is 30.0 Å². The van der Waals surface area contributed by atoms with Gasteiger partial charge in [0.05, 0.1) is 19.4 Å². The van der Waals surface area contributed by atoms with Gasteiger partial charge in [0.25, 0.3) is 0 Å². The van der Waals surface area contributed by atoms with Crippen molar-refractivity contribution in [2.45, 2.75) is 6.61 Å². The molecule has 2 heterocycles. The molecule has 0 aromatic carbocycles. The van der Waals surface area contributed by atoms with E-state index in [9.17, 15) is 0 Å². The van der Waals surface area contributed by atoms with Gasteiger partial charge in [0.2, 0.25) is 5.88 Å². The highest BCUT2D eigenvalue weighted by Crippen LogP contribution is 2.17. The SMILES string of the molecule is COCc1cc(N)nc(-c2cccc(OC)n2)n1. The second kappa shape index (κ2) is 5.42. The lowest BCUT2D eigenvalue weighted by atomic mass is 10.3. The lowest BCUT2D eigenvalue weighted by Gasteiger charge is -2.05. The predicted octanol–water partition coefficient (Wildman–Crippen LogP) is 1.28. The third-order valence-corrected chi connectivity index (χ3v) is 2.25. The van der Waals surface area contributed by atoms with Crippen LogP contribution in [0.15, 0.2) is 24.3 Å². The quantitative estimate of drug-likeness (QED) is 0.874. The summed E-state index contributed by atoms with van der Waals surface area (Å²) >= 11 is 0. The third kappa shape index (κ3) is 2.72. The average Bonchev–Trinajstić information content (AvgIpc) is 2.38. The van der Waals surface area contributed by atoms with E-state index in [4.69, 9.17) is 15.2 Å². The van der Waals surface area contributed by atoms with Crippen LogP contribution in [0.4, 0.5) is 5.82 Å². The number of ether oxygens (including phenoxy) is 2. The van der Waals surface area contributed by atoms with Crippen LogP contribution in [-0.4, -0.2) is 29.2 Å². The Morgan fingerprint density at radius 2 is 2.00 bits per heavy atom. The van der Waals surface area contributed by atoms with E-state index >= 15 is 0 Å². The van der Waals surface area contributed by atoms with Crippen molar-refractivity contribution in [2.24, 2.45) is 0 Å². The number of methoxy groups -OCH3 is 2. The molecule has 0 atom stereocenters. The van der Waals surface area contributed by atoms with Gasteiger partial charge in [-0.05, 0) is 6.07 Å². The van der Waals surface area contributed by atoms with Crippen LogP contribution < -0.4 is 10.5 Å². The molecule has 2 aromatic heterocycles. The molecule has 0 unspecified atom stereocenters. The number of nitrogens with zero attached hydrogens (tertiary/aromatic N) is 3. The van der Waals surface area contributed by atoms with Crippen molar-refractivity contribution in [1.29, 1.82) is 0 Å². The Morgan fingerprint density at radius 1 is 1.17 bits per heavy atom. The predicted molar refractivity (Wildman–Crippen MR) is 66.9 cm³/mol. The van der Waals surface area contributed by atoms with Gasteiger partial charge in [-0.15, -0.1) is 0 Å². The van der Waals surface area contributed by atoms with Crippen molar-refractivity contribution < 1.29 is 9.47 Å². The molecule has 6 heteroatoms. The fourth-order valence-electron chi connectivity index (χ4n) is 1.51. The first-order valence-corrected chi connectivity index (χ1v) is 5.36. The van der Waals surface area contributed by atoms with Crippen molar-refractivity contribution >= 4 is 5.82 Å². The smallest absolute Gasteiger partial charge is 0.213 e. The van der Waals surface area contributed by atoms with E-state index in [-0.39, 0.29) is 0 Å². The van der Waals surface area contributed by atoms with E-state index in [2.05, 4.69) is 15.0 Å². The van der Waals surface area contributed by atoms with Gasteiger partial charge >= 0.3 is 0 Å². The van der Waals surface area contributed by atoms with Crippen LogP contribution in [-0.2, 0) is 11.3 Å². The van der Waals surface area contributed by atoms with Crippen LogP contribution in [0, 0.1) is 0 Å². The van der Waals surface area contributed by atoms with E-state index in [0.717, 1.165) is 0 Å². The Kier molecular flexibility index (Phi) is 3.69. The molecule has 0 amide bonds. The number of rotatable bonds is 4. The molecule has 0 saturated carbocycles. The zero-order valence-electron chi connectivity index (χ0n) is 10.3. The molecule has 0 bridgehead atoms. The number of nitrogens with two attached hydrogens (primary N) is 1. The van der Waals surface area contributed by atoms with Crippen molar-refractivity contribution in [2.75, 3.05) is 20.0 Å². The Morgan fingerprint density at radius 3 is 2.72 bits per heavy atom. The largest absolute Gasteiger partial charge is 0.481 e. The summed E-state index contributed by atoms with van der Waals surface area (Å²) in [6, 6.07) is 7.05. The van der Waals surface area contributed by atoms with Crippen LogP contribution in [0.5, 0.6) is 5.88 Å². The number of hydrogen-bond acceptors (Lipinski definition) is 6. The number of aromatic nitrogens is 3. The van der Waals surface area contributed by atoms with E-state index in [0.29, 0.717) is 35.5 Å². The molecule has 2 rings (SSSR count). The van der Waals surface area contributed by atoms with Gasteiger partial charge < -0.3 is 15.2 Å². The molecule has 2 N–H and O–H groups in total. The Bertz CT molecular complexity index is 545. The minimum Gasteiger partial charge on any atom is -0.481 e. The number of nitrogen functional groups attached to an aromatic ring is 1. The van der Waals surface area contributed by atoms with E-state index < -0.39 is 0 Å². The van der Waals surface area contributed by atoms with Crippen molar-refractivity contribution in [1.82, 2.24) is 15.0 Å². The highest BCUT2D eigenvalue weighted by molar-refractivity contribution is 5.52. The van der Waals surface area contributed by atoms with E-state index in [1.54, 1.807) is 32.4 Å². The molecule has 0 radical (unpaired) electrons. The molecular formula is C12H14N4O2. The minimum absolute atomic E-state index is 0.379. The molecule has 2 aromatic rings. The Hall–Kier alpha value is -2.21. The molecule has 94 valence electrons. The van der Waals surface area contributed by atoms with Crippen LogP contribution in [0.3, 0.4) is 0 Å². The molecule has 6 nitrogen and oxygen atoms in total. The maximum atomic E-state index is 5.73. The standard InChI is InChI=1S/C12H14N4O2/c1-17-7-8-6-10(13)16-12(14-8)9-4-3-5-11(15-9)18-2/h3-6H,7H2,1-2H3,(H2,13,14,16). The van der Waals surface area contributed by atoms with Gasteiger partial charge in [-0.3, -0.25) is 0 Å². The summed E-state index contributed by atoms with van der Waals surface area (Å²) in [5.41, 5.74) is 7.05. The first-order chi connectivity index (χ1) is 8.72. The van der Waals surface area contributed by atoms with Gasteiger partial charge in [-0.25, -0.2) is 15.0 Å². The topological polar surface area (TPSA) is 83.2 Å². The van der Waals surface area contributed by atoms with E-state index in [1.807, 2.05) is 6.07 Å². The van der Waals surface area contributed by atoms with Gasteiger partial charge in [0.15, 0.2) is 5.82 Å². The Balaban J connectivity index is 2.42. The molecule has 0 saturated heterocycles. The van der Waals surface area contributed by atoms with Gasteiger partial charge in [-0.1, -0.05) is 6.07 Å². The lowest BCUT2D eigenvalue weighted by Crippen LogP contribution is -2.02. The summed E-state index contributed by atoms with van der Waals surface area (Å²) in [5, 5.41) is 0. The monoisotopic (exact) mass is 246 g/mol. The summed E-state index contributed by atoms with van der Waals surface area (Å²) in [6.45, 7) is 0.379. The molecule has 0 aliphatic rings. The van der Waals surface area contributed by atoms with Gasteiger partial charge in [-0.2, -0.15) is 0 Å². The third-order valence-electron chi connectivity index (χ3n) is 2.25. The molecule has 0 aliphatic heterocycles. The van der Waals surface area contributed by atoms with Crippen LogP contribution in [0.2, 0.25) is 0 Å². The van der Waals surface area contributed by atoms with Gasteiger partial charge in [0.1, 0.15) is 11.5 Å². The number of hydrogen-bond donors (Lipinski definition) is 1. The first-order valence-electron chi connectivity index (χ1n) is 5.36. The second-order valence-electron chi connectivity index (χ2n) is 3.61. The van der Waals surface area contributed by atoms with Gasteiger partial charge in [0, 0.05) is 19.2 Å². The minimum atomic E-state index is 0.379. The summed E-state index contributed by atoms with van der Waals surface area (Å²) in [4.78, 5) is 12.7. The lowest BCUT2D eigenvalue weighted by molar-refractivity contribution is 0.181. The maximum absolute atomic E-state index is 5.73. The second-order valence-corrected chi connectivity index (χ2v) is 3.61.